The van der Waals surface area contributed by atoms with Crippen LogP contribution in [0.3, 0.4) is 0 Å². The van der Waals surface area contributed by atoms with E-state index in [4.69, 9.17) is 5.73 Å². The van der Waals surface area contributed by atoms with Gasteiger partial charge >= 0.3 is 0 Å². The van der Waals surface area contributed by atoms with Crippen LogP contribution < -0.4 is 11.2 Å². The third-order valence-electron chi connectivity index (χ3n) is 6.32. The van der Waals surface area contributed by atoms with Gasteiger partial charge in [-0.25, -0.2) is 9.40 Å². The number of hydrogen-bond acceptors (Lipinski definition) is 6. The number of rotatable bonds is 8. The highest BCUT2D eigenvalue weighted by Crippen LogP contribution is 2.23. The van der Waals surface area contributed by atoms with Crippen LogP contribution in [-0.2, 0) is 27.3 Å². The Balaban J connectivity index is 1.38. The van der Waals surface area contributed by atoms with E-state index in [1.165, 1.54) is 17.1 Å². The standard InChI is InChI=1S/C25H30FN5O4/c1-16(27)12-30-15-31(25(35)22(30)10-17-4-8-21(32)9-5-17)28-24(34)19-11-23(33)29(14-19)13-18-2-6-20(26)7-3-18/h2-9,16,19,22,32H,10-15,27H2,1H3,(H,28,34)/t16-,19?,22+/m0/s1. The molecule has 0 aliphatic carbocycles. The maximum Gasteiger partial charge on any atom is 0.259 e. The average molecular weight is 484 g/mol. The van der Waals surface area contributed by atoms with Gasteiger partial charge in [0.05, 0.1) is 18.6 Å². The maximum absolute atomic E-state index is 13.2. The van der Waals surface area contributed by atoms with Crippen molar-refractivity contribution in [1.82, 2.24) is 20.2 Å². The van der Waals surface area contributed by atoms with Crippen molar-refractivity contribution in [3.8, 4) is 5.75 Å². The Bertz CT molecular complexity index is 1080. The number of aromatic hydroxyl groups is 1. The Hall–Kier alpha value is -3.50. The summed E-state index contributed by atoms with van der Waals surface area (Å²) in [5, 5.41) is 10.8. The van der Waals surface area contributed by atoms with Crippen LogP contribution in [0.15, 0.2) is 48.5 Å². The van der Waals surface area contributed by atoms with Crippen LogP contribution in [-0.4, -0.2) is 69.5 Å². The fourth-order valence-electron chi connectivity index (χ4n) is 4.54. The van der Waals surface area contributed by atoms with Crippen molar-refractivity contribution in [3.63, 3.8) is 0 Å². The molecule has 2 saturated heterocycles. The SMILES string of the molecule is C[C@H](N)CN1CN(NC(=O)C2CC(=O)N(Cc3ccc(F)cc3)C2)C(=O)[C@H]1Cc1ccc(O)cc1. The van der Waals surface area contributed by atoms with E-state index in [9.17, 15) is 23.9 Å². The summed E-state index contributed by atoms with van der Waals surface area (Å²) >= 11 is 0. The summed E-state index contributed by atoms with van der Waals surface area (Å²) in [5.41, 5.74) is 10.3. The van der Waals surface area contributed by atoms with E-state index in [0.29, 0.717) is 19.5 Å². The number of phenolic OH excluding ortho intramolecular Hbond substituents is 1. The molecule has 1 unspecified atom stereocenters. The van der Waals surface area contributed by atoms with E-state index < -0.39 is 12.0 Å². The van der Waals surface area contributed by atoms with Gasteiger partial charge in [0.1, 0.15) is 11.6 Å². The van der Waals surface area contributed by atoms with Crippen LogP contribution >= 0.6 is 0 Å². The third kappa shape index (κ3) is 5.95. The van der Waals surface area contributed by atoms with Gasteiger partial charge in [0.25, 0.3) is 5.91 Å². The quantitative estimate of drug-likeness (QED) is 0.515. The molecule has 3 atom stereocenters. The van der Waals surface area contributed by atoms with E-state index >= 15 is 0 Å². The molecule has 35 heavy (non-hydrogen) atoms. The van der Waals surface area contributed by atoms with Crippen molar-refractivity contribution >= 4 is 17.7 Å². The minimum absolute atomic E-state index is 0.0511. The molecule has 0 bridgehead atoms. The van der Waals surface area contributed by atoms with Crippen molar-refractivity contribution in [3.05, 3.63) is 65.5 Å². The molecule has 10 heteroatoms. The van der Waals surface area contributed by atoms with Crippen molar-refractivity contribution in [2.45, 2.75) is 38.4 Å². The summed E-state index contributed by atoms with van der Waals surface area (Å²) in [5.74, 6) is -1.60. The molecule has 3 amide bonds. The first kappa shape index (κ1) is 24.6. The zero-order chi connectivity index (χ0) is 25.1. The number of hydrazine groups is 1. The normalized spacial score (nSPS) is 21.6. The van der Waals surface area contributed by atoms with Crippen molar-refractivity contribution in [2.24, 2.45) is 11.7 Å². The predicted octanol–water partition coefficient (Wildman–Crippen LogP) is 0.971. The summed E-state index contributed by atoms with van der Waals surface area (Å²) in [7, 11) is 0. The molecule has 9 nitrogen and oxygen atoms in total. The highest BCUT2D eigenvalue weighted by atomic mass is 19.1. The van der Waals surface area contributed by atoms with Crippen LogP contribution in [0.4, 0.5) is 4.39 Å². The maximum atomic E-state index is 13.2. The molecule has 0 saturated carbocycles. The Morgan fingerprint density at radius 1 is 1.14 bits per heavy atom. The molecule has 2 aromatic carbocycles. The van der Waals surface area contributed by atoms with E-state index in [1.807, 2.05) is 11.8 Å². The average Bonchev–Trinajstić information content (AvgIpc) is 3.31. The second-order valence-corrected chi connectivity index (χ2v) is 9.32. The van der Waals surface area contributed by atoms with Crippen LogP contribution in [0, 0.1) is 11.7 Å². The molecule has 0 spiro atoms. The lowest BCUT2D eigenvalue weighted by atomic mass is 10.0. The number of benzene rings is 2. The summed E-state index contributed by atoms with van der Waals surface area (Å²) < 4.78 is 13.1. The molecule has 4 N–H and O–H groups in total. The molecule has 2 heterocycles. The number of carbonyl (C=O) groups is 3. The monoisotopic (exact) mass is 483 g/mol. The molecule has 2 aliphatic heterocycles. The van der Waals surface area contributed by atoms with Crippen molar-refractivity contribution in [2.75, 3.05) is 19.8 Å². The first-order chi connectivity index (χ1) is 16.7. The molecule has 186 valence electrons. The molecule has 0 aromatic heterocycles. The Morgan fingerprint density at radius 3 is 2.46 bits per heavy atom. The first-order valence-electron chi connectivity index (χ1n) is 11.6. The van der Waals surface area contributed by atoms with Crippen molar-refractivity contribution in [1.29, 1.82) is 0 Å². The van der Waals surface area contributed by atoms with Gasteiger partial charge in [0.15, 0.2) is 0 Å². The minimum atomic E-state index is -0.589. The highest BCUT2D eigenvalue weighted by Gasteiger charge is 2.41. The topological polar surface area (TPSA) is 119 Å². The van der Waals surface area contributed by atoms with Gasteiger partial charge in [-0.1, -0.05) is 24.3 Å². The largest absolute Gasteiger partial charge is 0.508 e. The van der Waals surface area contributed by atoms with Crippen molar-refractivity contribution < 1.29 is 23.9 Å². The lowest BCUT2D eigenvalue weighted by Gasteiger charge is -2.23. The Kier molecular flexibility index (Phi) is 7.32. The minimum Gasteiger partial charge on any atom is -0.508 e. The van der Waals surface area contributed by atoms with E-state index in [0.717, 1.165) is 11.1 Å². The second-order valence-electron chi connectivity index (χ2n) is 9.32. The van der Waals surface area contributed by atoms with Gasteiger partial charge in [0, 0.05) is 32.1 Å². The number of nitrogens with one attached hydrogen (secondary N) is 1. The van der Waals surface area contributed by atoms with Crippen LogP contribution in [0.25, 0.3) is 0 Å². The fourth-order valence-corrected chi connectivity index (χ4v) is 4.54. The summed E-state index contributed by atoms with van der Waals surface area (Å²) in [6.07, 6.45) is 0.459. The van der Waals surface area contributed by atoms with E-state index in [-0.39, 0.29) is 55.0 Å². The van der Waals surface area contributed by atoms with Crippen LogP contribution in [0.1, 0.15) is 24.5 Å². The summed E-state index contributed by atoms with van der Waals surface area (Å²) in [6.45, 7) is 3.03. The molecular weight excluding hydrogens is 453 g/mol. The molecule has 0 radical (unpaired) electrons. The van der Waals surface area contributed by atoms with Gasteiger partial charge in [-0.2, -0.15) is 0 Å². The highest BCUT2D eigenvalue weighted by molar-refractivity contribution is 5.91. The van der Waals surface area contributed by atoms with E-state index in [2.05, 4.69) is 5.43 Å². The Morgan fingerprint density at radius 2 is 1.80 bits per heavy atom. The number of amides is 3. The fraction of sp³-hybridized carbons (Fsp3) is 0.400. The number of likely N-dealkylation sites (tertiary alicyclic amines) is 1. The predicted molar refractivity (Wildman–Crippen MR) is 126 cm³/mol. The third-order valence-corrected chi connectivity index (χ3v) is 6.32. The molecule has 2 aliphatic rings. The number of carbonyl (C=O) groups excluding carboxylic acids is 3. The molecule has 4 rings (SSSR count). The zero-order valence-corrected chi connectivity index (χ0v) is 19.6. The molecular formula is C25H30FN5O4. The molecule has 2 fully saturated rings. The number of hydrogen-bond donors (Lipinski definition) is 3. The van der Waals surface area contributed by atoms with E-state index in [1.54, 1.807) is 41.3 Å². The van der Waals surface area contributed by atoms with Crippen LogP contribution in [0.2, 0.25) is 0 Å². The zero-order valence-electron chi connectivity index (χ0n) is 19.6. The van der Waals surface area contributed by atoms with Gasteiger partial charge in [-0.3, -0.25) is 24.7 Å². The smallest absolute Gasteiger partial charge is 0.259 e. The lowest BCUT2D eigenvalue weighted by molar-refractivity contribution is -0.140. The lowest BCUT2D eigenvalue weighted by Crippen LogP contribution is -2.47. The van der Waals surface area contributed by atoms with Gasteiger partial charge < -0.3 is 15.7 Å². The van der Waals surface area contributed by atoms with Gasteiger partial charge in [0.2, 0.25) is 11.8 Å². The summed E-state index contributed by atoms with van der Waals surface area (Å²) in [4.78, 5) is 42.1. The number of phenols is 1. The Labute approximate surface area is 203 Å². The first-order valence-corrected chi connectivity index (χ1v) is 11.6. The number of halogens is 1. The van der Waals surface area contributed by atoms with Gasteiger partial charge in [-0.05, 0) is 48.7 Å². The number of nitrogens with zero attached hydrogens (tertiary/aromatic N) is 3. The van der Waals surface area contributed by atoms with Gasteiger partial charge in [-0.15, -0.1) is 0 Å². The number of nitrogens with two attached hydrogens (primary N) is 1. The van der Waals surface area contributed by atoms with Crippen LogP contribution in [0.5, 0.6) is 5.75 Å². The second kappa shape index (κ2) is 10.4. The summed E-state index contributed by atoms with van der Waals surface area (Å²) in [6, 6.07) is 11.9. The molecule has 2 aromatic rings.